The minimum absolute atomic E-state index is 0.132. The van der Waals surface area contributed by atoms with Crippen LogP contribution in [-0.2, 0) is 0 Å². The lowest BCUT2D eigenvalue weighted by molar-refractivity contribution is 0.855. The molecular weight excluding hydrogens is 244 g/mol. The van der Waals surface area contributed by atoms with Crippen molar-refractivity contribution in [3.8, 4) is 0 Å². The normalized spacial score (nSPS) is 12.6. The van der Waals surface area contributed by atoms with E-state index in [0.29, 0.717) is 0 Å². The fraction of sp³-hybridized carbons (Fsp3) is 0.167. The number of aryl methyl sites for hydroxylation is 1. The highest BCUT2D eigenvalue weighted by molar-refractivity contribution is 5.79. The summed E-state index contributed by atoms with van der Waals surface area (Å²) in [6, 6.07) is 16.4. The van der Waals surface area contributed by atoms with Crippen molar-refractivity contribution in [2.24, 2.45) is 5.73 Å². The lowest BCUT2D eigenvalue weighted by Crippen LogP contribution is -2.14. The molecule has 0 aliphatic rings. The van der Waals surface area contributed by atoms with Crippen LogP contribution >= 0.6 is 0 Å². The Morgan fingerprint density at radius 1 is 1.00 bits per heavy atom. The first kappa shape index (κ1) is 12.8. The highest BCUT2D eigenvalue weighted by Crippen LogP contribution is 2.25. The van der Waals surface area contributed by atoms with E-state index in [-0.39, 0.29) is 6.04 Å². The standard InChI is InChI=1S/C18H18N2/c1-12-6-5-8-16(13(12)2)18(19)15-10-14-7-3-4-9-17(14)20-11-15/h3-11,18H,19H2,1-2H3. The van der Waals surface area contributed by atoms with Crippen LogP contribution in [0.3, 0.4) is 0 Å². The molecule has 1 atom stereocenters. The van der Waals surface area contributed by atoms with Gasteiger partial charge in [0.2, 0.25) is 0 Å². The Balaban J connectivity index is 2.08. The monoisotopic (exact) mass is 262 g/mol. The van der Waals surface area contributed by atoms with Gasteiger partial charge in [-0.1, -0.05) is 36.4 Å². The number of nitrogens with two attached hydrogens (primary N) is 1. The quantitative estimate of drug-likeness (QED) is 0.760. The van der Waals surface area contributed by atoms with Crippen LogP contribution in [-0.4, -0.2) is 4.98 Å². The summed E-state index contributed by atoms with van der Waals surface area (Å²) >= 11 is 0. The average Bonchev–Trinajstić information content (AvgIpc) is 2.49. The van der Waals surface area contributed by atoms with Gasteiger partial charge in [-0.25, -0.2) is 0 Å². The van der Waals surface area contributed by atoms with Crippen molar-refractivity contribution in [1.82, 2.24) is 4.98 Å². The van der Waals surface area contributed by atoms with Crippen molar-refractivity contribution >= 4 is 10.9 Å². The van der Waals surface area contributed by atoms with Crippen molar-refractivity contribution in [2.45, 2.75) is 19.9 Å². The van der Waals surface area contributed by atoms with Gasteiger partial charge in [-0.2, -0.15) is 0 Å². The van der Waals surface area contributed by atoms with Crippen molar-refractivity contribution in [3.63, 3.8) is 0 Å². The maximum Gasteiger partial charge on any atom is 0.0702 e. The van der Waals surface area contributed by atoms with Crippen LogP contribution in [0.25, 0.3) is 10.9 Å². The summed E-state index contributed by atoms with van der Waals surface area (Å²) in [6.07, 6.45) is 1.88. The molecule has 2 heteroatoms. The Hall–Kier alpha value is -2.19. The molecule has 0 aliphatic carbocycles. The first-order valence-electron chi connectivity index (χ1n) is 6.83. The predicted octanol–water partition coefficient (Wildman–Crippen LogP) is 3.90. The third-order valence-electron chi connectivity index (χ3n) is 3.95. The molecule has 3 aromatic rings. The van der Waals surface area contributed by atoms with E-state index in [2.05, 4.69) is 49.2 Å². The molecule has 2 aromatic carbocycles. The first-order valence-corrected chi connectivity index (χ1v) is 6.83. The summed E-state index contributed by atoms with van der Waals surface area (Å²) < 4.78 is 0. The summed E-state index contributed by atoms with van der Waals surface area (Å²) in [4.78, 5) is 4.50. The molecule has 20 heavy (non-hydrogen) atoms. The van der Waals surface area contributed by atoms with Crippen LogP contribution in [0, 0.1) is 13.8 Å². The Morgan fingerprint density at radius 3 is 2.65 bits per heavy atom. The van der Waals surface area contributed by atoms with E-state index >= 15 is 0 Å². The molecule has 2 nitrogen and oxygen atoms in total. The second kappa shape index (κ2) is 5.06. The number of pyridine rings is 1. The SMILES string of the molecule is Cc1cccc(C(N)c2cnc3ccccc3c2)c1C. The van der Waals surface area contributed by atoms with E-state index in [0.717, 1.165) is 16.5 Å². The summed E-state index contributed by atoms with van der Waals surface area (Å²) in [5.41, 5.74) is 12.2. The third kappa shape index (κ3) is 2.19. The van der Waals surface area contributed by atoms with E-state index in [9.17, 15) is 0 Å². The number of para-hydroxylation sites is 1. The summed E-state index contributed by atoms with van der Waals surface area (Å²) in [5.74, 6) is 0. The first-order chi connectivity index (χ1) is 9.66. The van der Waals surface area contributed by atoms with Gasteiger partial charge in [-0.05, 0) is 48.2 Å². The number of rotatable bonds is 2. The molecule has 2 N–H and O–H groups in total. The maximum atomic E-state index is 6.44. The molecular formula is C18H18N2. The van der Waals surface area contributed by atoms with Gasteiger partial charge in [0, 0.05) is 11.6 Å². The zero-order valence-electron chi connectivity index (χ0n) is 11.8. The van der Waals surface area contributed by atoms with Gasteiger partial charge in [0.05, 0.1) is 11.6 Å². The van der Waals surface area contributed by atoms with Crippen LogP contribution in [0.1, 0.15) is 28.3 Å². The maximum absolute atomic E-state index is 6.44. The van der Waals surface area contributed by atoms with Gasteiger partial charge in [0.15, 0.2) is 0 Å². The van der Waals surface area contributed by atoms with Gasteiger partial charge in [0.1, 0.15) is 0 Å². The number of benzene rings is 2. The largest absolute Gasteiger partial charge is 0.320 e. The van der Waals surface area contributed by atoms with E-state index in [1.165, 1.54) is 16.7 Å². The topological polar surface area (TPSA) is 38.9 Å². The van der Waals surface area contributed by atoms with E-state index in [1.807, 2.05) is 24.4 Å². The Kier molecular flexibility index (Phi) is 3.25. The summed E-state index contributed by atoms with van der Waals surface area (Å²) in [5, 5.41) is 1.13. The molecule has 0 saturated carbocycles. The fourth-order valence-corrected chi connectivity index (χ4v) is 2.55. The minimum atomic E-state index is -0.132. The predicted molar refractivity (Wildman–Crippen MR) is 83.7 cm³/mol. The minimum Gasteiger partial charge on any atom is -0.320 e. The number of aromatic nitrogens is 1. The molecule has 3 rings (SSSR count). The third-order valence-corrected chi connectivity index (χ3v) is 3.95. The molecule has 0 radical (unpaired) electrons. The highest BCUT2D eigenvalue weighted by Gasteiger charge is 2.13. The second-order valence-electron chi connectivity index (χ2n) is 5.23. The molecule has 0 fully saturated rings. The van der Waals surface area contributed by atoms with Gasteiger partial charge < -0.3 is 5.73 Å². The van der Waals surface area contributed by atoms with Crippen LogP contribution in [0.4, 0.5) is 0 Å². The lowest BCUT2D eigenvalue weighted by atomic mass is 9.93. The molecule has 1 aromatic heterocycles. The Bertz CT molecular complexity index is 762. The highest BCUT2D eigenvalue weighted by atomic mass is 14.7. The van der Waals surface area contributed by atoms with E-state index in [1.54, 1.807) is 0 Å². The fourth-order valence-electron chi connectivity index (χ4n) is 2.55. The van der Waals surface area contributed by atoms with Crippen LogP contribution < -0.4 is 5.73 Å². The smallest absolute Gasteiger partial charge is 0.0702 e. The summed E-state index contributed by atoms with van der Waals surface area (Å²) in [6.45, 7) is 4.24. The van der Waals surface area contributed by atoms with Crippen molar-refractivity contribution < 1.29 is 0 Å². The Morgan fingerprint density at radius 2 is 1.80 bits per heavy atom. The molecule has 0 saturated heterocycles. The number of hydrogen-bond acceptors (Lipinski definition) is 2. The zero-order chi connectivity index (χ0) is 14.1. The molecule has 0 amide bonds. The van der Waals surface area contributed by atoms with Gasteiger partial charge in [0.25, 0.3) is 0 Å². The second-order valence-corrected chi connectivity index (χ2v) is 5.23. The van der Waals surface area contributed by atoms with Crippen LogP contribution in [0.15, 0.2) is 54.7 Å². The molecule has 0 bridgehead atoms. The van der Waals surface area contributed by atoms with E-state index < -0.39 is 0 Å². The van der Waals surface area contributed by atoms with Crippen LogP contribution in [0.2, 0.25) is 0 Å². The molecule has 100 valence electrons. The van der Waals surface area contributed by atoms with Crippen molar-refractivity contribution in [2.75, 3.05) is 0 Å². The molecule has 0 aliphatic heterocycles. The summed E-state index contributed by atoms with van der Waals surface area (Å²) in [7, 11) is 0. The molecule has 0 spiro atoms. The lowest BCUT2D eigenvalue weighted by Gasteiger charge is -2.16. The molecule has 1 unspecified atom stereocenters. The Labute approximate surface area is 119 Å². The number of fused-ring (bicyclic) bond motifs is 1. The average molecular weight is 262 g/mol. The van der Waals surface area contributed by atoms with Gasteiger partial charge in [-0.3, -0.25) is 4.98 Å². The van der Waals surface area contributed by atoms with Crippen molar-refractivity contribution in [3.05, 3.63) is 77.0 Å². The van der Waals surface area contributed by atoms with Gasteiger partial charge >= 0.3 is 0 Å². The van der Waals surface area contributed by atoms with E-state index in [4.69, 9.17) is 5.73 Å². The van der Waals surface area contributed by atoms with Gasteiger partial charge in [-0.15, -0.1) is 0 Å². The van der Waals surface area contributed by atoms with Crippen LogP contribution in [0.5, 0.6) is 0 Å². The zero-order valence-corrected chi connectivity index (χ0v) is 11.8. The van der Waals surface area contributed by atoms with Crippen molar-refractivity contribution in [1.29, 1.82) is 0 Å². The number of nitrogens with zero attached hydrogens (tertiary/aromatic N) is 1. The number of hydrogen-bond donors (Lipinski definition) is 1. The molecule has 1 heterocycles.